The van der Waals surface area contributed by atoms with Gasteiger partial charge in [0.05, 0.1) is 5.52 Å². The molecule has 0 unspecified atom stereocenters. The molecule has 2 aliphatic rings. The van der Waals surface area contributed by atoms with Gasteiger partial charge in [0.15, 0.2) is 0 Å². The maximum Gasteiger partial charge on any atom is 0.129 e. The highest BCUT2D eigenvalue weighted by atomic mass is 15.3. The molecular formula is C22H24N4. The minimum atomic E-state index is 0.986. The van der Waals surface area contributed by atoms with Gasteiger partial charge in [-0.15, -0.1) is 0 Å². The predicted octanol–water partition coefficient (Wildman–Crippen LogP) is 3.75. The molecule has 5 rings (SSSR count). The molecule has 2 aromatic heterocycles. The molecule has 4 heteroatoms. The Kier molecular flexibility index (Phi) is 3.77. The Bertz CT molecular complexity index is 943. The highest BCUT2D eigenvalue weighted by Gasteiger charge is 2.20. The largest absolute Gasteiger partial charge is 0.353 e. The predicted molar refractivity (Wildman–Crippen MR) is 107 cm³/mol. The SMILES string of the molecule is Cc1cc(N2CCN(c3ccccn3)CC2)nc2cc3c(cc12)CCC3. The molecule has 3 aromatic rings. The lowest BCUT2D eigenvalue weighted by Crippen LogP contribution is -2.47. The van der Waals surface area contributed by atoms with E-state index in [2.05, 4.69) is 52.0 Å². The normalized spacial score (nSPS) is 17.0. The van der Waals surface area contributed by atoms with Gasteiger partial charge in [-0.05, 0) is 73.2 Å². The molecule has 1 fully saturated rings. The zero-order valence-electron chi connectivity index (χ0n) is 15.3. The van der Waals surface area contributed by atoms with Crippen molar-refractivity contribution in [3.63, 3.8) is 0 Å². The lowest BCUT2D eigenvalue weighted by atomic mass is 10.0. The van der Waals surface area contributed by atoms with E-state index >= 15 is 0 Å². The Balaban J connectivity index is 1.40. The zero-order valence-corrected chi connectivity index (χ0v) is 15.3. The topological polar surface area (TPSA) is 32.3 Å². The van der Waals surface area contributed by atoms with Crippen LogP contribution in [0.15, 0.2) is 42.6 Å². The van der Waals surface area contributed by atoms with Crippen LogP contribution in [-0.4, -0.2) is 36.1 Å². The molecule has 0 N–H and O–H groups in total. The summed E-state index contributed by atoms with van der Waals surface area (Å²) in [6.07, 6.45) is 5.59. The standard InChI is InChI=1S/C22H24N4/c1-16-13-22(24-20-15-18-6-4-5-17(18)14-19(16)20)26-11-9-25(10-12-26)21-7-2-3-8-23-21/h2-3,7-8,13-15H,4-6,9-12H2,1H3. The van der Waals surface area contributed by atoms with Crippen LogP contribution < -0.4 is 9.80 Å². The fourth-order valence-electron chi connectivity index (χ4n) is 4.31. The van der Waals surface area contributed by atoms with E-state index in [0.29, 0.717) is 0 Å². The number of pyridine rings is 2. The summed E-state index contributed by atoms with van der Waals surface area (Å²) in [6.45, 7) is 6.16. The molecule has 0 amide bonds. The van der Waals surface area contributed by atoms with E-state index in [9.17, 15) is 0 Å². The van der Waals surface area contributed by atoms with E-state index in [1.807, 2.05) is 12.3 Å². The quantitative estimate of drug-likeness (QED) is 0.709. The molecule has 0 bridgehead atoms. The number of aryl methyl sites for hydroxylation is 3. The second kappa shape index (κ2) is 6.27. The Hall–Kier alpha value is -2.62. The van der Waals surface area contributed by atoms with Crippen molar-refractivity contribution < 1.29 is 0 Å². The van der Waals surface area contributed by atoms with Crippen LogP contribution in [-0.2, 0) is 12.8 Å². The van der Waals surface area contributed by atoms with E-state index in [4.69, 9.17) is 4.98 Å². The van der Waals surface area contributed by atoms with Gasteiger partial charge in [0.1, 0.15) is 11.6 Å². The summed E-state index contributed by atoms with van der Waals surface area (Å²) < 4.78 is 0. The first-order chi connectivity index (χ1) is 12.8. The van der Waals surface area contributed by atoms with Gasteiger partial charge in [0, 0.05) is 37.8 Å². The highest BCUT2D eigenvalue weighted by molar-refractivity contribution is 5.85. The maximum atomic E-state index is 5.03. The molecule has 26 heavy (non-hydrogen) atoms. The summed E-state index contributed by atoms with van der Waals surface area (Å²) in [6, 6.07) is 13.1. The first kappa shape index (κ1) is 15.6. The van der Waals surface area contributed by atoms with Gasteiger partial charge in [-0.2, -0.15) is 0 Å². The average Bonchev–Trinajstić information content (AvgIpc) is 3.15. The average molecular weight is 344 g/mol. The summed E-state index contributed by atoms with van der Waals surface area (Å²) in [5, 5.41) is 1.32. The zero-order chi connectivity index (χ0) is 17.5. The van der Waals surface area contributed by atoms with Gasteiger partial charge in [-0.25, -0.2) is 9.97 Å². The van der Waals surface area contributed by atoms with E-state index < -0.39 is 0 Å². The molecule has 1 saturated heterocycles. The molecular weight excluding hydrogens is 320 g/mol. The number of benzene rings is 1. The molecule has 3 heterocycles. The molecule has 4 nitrogen and oxygen atoms in total. The third-order valence-electron chi connectivity index (χ3n) is 5.79. The van der Waals surface area contributed by atoms with Crippen molar-refractivity contribution >= 4 is 22.5 Å². The van der Waals surface area contributed by atoms with Crippen LogP contribution >= 0.6 is 0 Å². The molecule has 0 saturated carbocycles. The Labute approximate surface area is 154 Å². The van der Waals surface area contributed by atoms with Crippen molar-refractivity contribution in [3.8, 4) is 0 Å². The van der Waals surface area contributed by atoms with Gasteiger partial charge in [0.25, 0.3) is 0 Å². The van der Waals surface area contributed by atoms with Crippen LogP contribution in [0, 0.1) is 6.92 Å². The summed E-state index contributed by atoms with van der Waals surface area (Å²) in [5.74, 6) is 2.19. The van der Waals surface area contributed by atoms with Crippen molar-refractivity contribution in [2.75, 3.05) is 36.0 Å². The van der Waals surface area contributed by atoms with Gasteiger partial charge in [-0.3, -0.25) is 0 Å². The number of hydrogen-bond donors (Lipinski definition) is 0. The van der Waals surface area contributed by atoms with Crippen LogP contribution in [0.3, 0.4) is 0 Å². The number of hydrogen-bond acceptors (Lipinski definition) is 4. The fourth-order valence-corrected chi connectivity index (χ4v) is 4.31. The lowest BCUT2D eigenvalue weighted by molar-refractivity contribution is 0.642. The Morgan fingerprint density at radius 2 is 1.58 bits per heavy atom. The van der Waals surface area contributed by atoms with E-state index in [-0.39, 0.29) is 0 Å². The summed E-state index contributed by atoms with van der Waals surface area (Å²) in [5.41, 5.74) is 5.53. The van der Waals surface area contributed by atoms with Gasteiger partial charge in [-0.1, -0.05) is 6.07 Å². The van der Waals surface area contributed by atoms with Crippen molar-refractivity contribution in [1.82, 2.24) is 9.97 Å². The molecule has 132 valence electrons. The van der Waals surface area contributed by atoms with E-state index in [1.165, 1.54) is 41.3 Å². The van der Waals surface area contributed by atoms with Crippen LogP contribution in [0.4, 0.5) is 11.6 Å². The van der Waals surface area contributed by atoms with E-state index in [1.54, 1.807) is 0 Å². The number of piperazine rings is 1. The molecule has 0 radical (unpaired) electrons. The summed E-state index contributed by atoms with van der Waals surface area (Å²) >= 11 is 0. The molecule has 1 aliphatic heterocycles. The lowest BCUT2D eigenvalue weighted by Gasteiger charge is -2.36. The first-order valence-corrected chi connectivity index (χ1v) is 9.62. The van der Waals surface area contributed by atoms with Gasteiger partial charge < -0.3 is 9.80 Å². The third-order valence-corrected chi connectivity index (χ3v) is 5.79. The second-order valence-corrected chi connectivity index (χ2v) is 7.45. The van der Waals surface area contributed by atoms with Crippen LogP contribution in [0.1, 0.15) is 23.1 Å². The monoisotopic (exact) mass is 344 g/mol. The third kappa shape index (κ3) is 2.70. The number of aromatic nitrogens is 2. The van der Waals surface area contributed by atoms with Crippen LogP contribution in [0.25, 0.3) is 10.9 Å². The maximum absolute atomic E-state index is 5.03. The van der Waals surface area contributed by atoms with Gasteiger partial charge in [0.2, 0.25) is 0 Å². The minimum Gasteiger partial charge on any atom is -0.353 e. The van der Waals surface area contributed by atoms with Crippen molar-refractivity contribution in [2.45, 2.75) is 26.2 Å². The number of fused-ring (bicyclic) bond motifs is 2. The molecule has 1 aromatic carbocycles. The number of rotatable bonds is 2. The van der Waals surface area contributed by atoms with E-state index in [0.717, 1.165) is 43.3 Å². The van der Waals surface area contributed by atoms with Crippen molar-refractivity contribution in [2.24, 2.45) is 0 Å². The Morgan fingerprint density at radius 1 is 0.846 bits per heavy atom. The molecule has 1 aliphatic carbocycles. The van der Waals surface area contributed by atoms with Crippen molar-refractivity contribution in [1.29, 1.82) is 0 Å². The van der Waals surface area contributed by atoms with Gasteiger partial charge >= 0.3 is 0 Å². The minimum absolute atomic E-state index is 0.986. The molecule has 0 atom stereocenters. The molecule has 0 spiro atoms. The summed E-state index contributed by atoms with van der Waals surface area (Å²) in [7, 11) is 0. The number of anilines is 2. The Morgan fingerprint density at radius 3 is 2.31 bits per heavy atom. The smallest absolute Gasteiger partial charge is 0.129 e. The highest BCUT2D eigenvalue weighted by Crippen LogP contribution is 2.30. The van der Waals surface area contributed by atoms with Crippen LogP contribution in [0.5, 0.6) is 0 Å². The second-order valence-electron chi connectivity index (χ2n) is 7.45. The first-order valence-electron chi connectivity index (χ1n) is 9.62. The fraction of sp³-hybridized carbons (Fsp3) is 0.364. The van der Waals surface area contributed by atoms with Crippen LogP contribution in [0.2, 0.25) is 0 Å². The van der Waals surface area contributed by atoms with Crippen molar-refractivity contribution in [3.05, 3.63) is 59.3 Å². The summed E-state index contributed by atoms with van der Waals surface area (Å²) in [4.78, 5) is 14.3. The number of nitrogens with zero attached hydrogens (tertiary/aromatic N) is 4.